The van der Waals surface area contributed by atoms with Crippen LogP contribution in [0.4, 0.5) is 0 Å². The molecule has 3 saturated heterocycles. The fraction of sp³-hybridized carbons (Fsp3) is 0.771. The molecule has 0 aromatic carbocycles. The molecule has 13 atom stereocenters. The normalized spacial score (nSPS) is 31.6. The highest BCUT2D eigenvalue weighted by atomic mass is 32.2. The molecule has 12 rings (SSSR count). The van der Waals surface area contributed by atoms with Gasteiger partial charge in [0.1, 0.15) is 62.0 Å². The van der Waals surface area contributed by atoms with Crippen LogP contribution in [0.1, 0.15) is 204 Å². The molecule has 0 spiro atoms. The molecule has 13 unspecified atom stereocenters. The molecule has 3 heterocycles. The molecule has 3 aliphatic heterocycles. The molecule has 0 amide bonds. The van der Waals surface area contributed by atoms with Crippen molar-refractivity contribution < 1.29 is 126 Å². The number of hydrogen-bond donors (Lipinski definition) is 1. The van der Waals surface area contributed by atoms with Crippen LogP contribution in [0.15, 0.2) is 36.5 Å². The maximum absolute atomic E-state index is 12.1. The summed E-state index contributed by atoms with van der Waals surface area (Å²) in [5, 5.41) is 9.56. The van der Waals surface area contributed by atoms with Crippen LogP contribution in [0.3, 0.4) is 0 Å². The Bertz CT molecular complexity index is 3290. The molecular formula is C70H102O27S2. The van der Waals surface area contributed by atoms with Crippen molar-refractivity contribution >= 4 is 79.9 Å². The average molecular weight is 1440 g/mol. The van der Waals surface area contributed by atoms with Crippen molar-refractivity contribution in [2.24, 2.45) is 46.3 Å². The third kappa shape index (κ3) is 20.7. The highest BCUT2D eigenvalue weighted by molar-refractivity contribution is 7.88. The molecule has 99 heavy (non-hydrogen) atoms. The second-order valence-electron chi connectivity index (χ2n) is 30.1. The number of aliphatic hydroxyl groups is 1. The molecule has 9 saturated carbocycles. The summed E-state index contributed by atoms with van der Waals surface area (Å²) >= 11 is 0. The molecule has 29 heteroatoms. The first-order chi connectivity index (χ1) is 46.1. The van der Waals surface area contributed by atoms with Gasteiger partial charge in [-0.3, -0.25) is 37.1 Å². The van der Waals surface area contributed by atoms with Crippen LogP contribution in [-0.2, 0) is 124 Å². The molecule has 0 aromatic heterocycles. The van der Waals surface area contributed by atoms with Gasteiger partial charge in [0.05, 0.1) is 59.2 Å². The second kappa shape index (κ2) is 32.8. The molecule has 8 bridgehead atoms. The van der Waals surface area contributed by atoms with Crippen LogP contribution in [0.5, 0.6) is 0 Å². The van der Waals surface area contributed by atoms with Gasteiger partial charge in [-0.25, -0.2) is 19.2 Å². The molecule has 9 aliphatic carbocycles. The summed E-state index contributed by atoms with van der Waals surface area (Å²) in [4.78, 5) is 116. The van der Waals surface area contributed by atoms with Crippen molar-refractivity contribution in [3.8, 4) is 0 Å². The Morgan fingerprint density at radius 2 is 0.980 bits per heavy atom. The number of ether oxygens (including phenoxy) is 10. The van der Waals surface area contributed by atoms with E-state index in [1.54, 1.807) is 41.5 Å². The fourth-order valence-electron chi connectivity index (χ4n) is 15.2. The quantitative estimate of drug-likeness (QED) is 0.0317. The fourth-order valence-corrected chi connectivity index (χ4v) is 19.0. The Kier molecular flexibility index (Phi) is 26.5. The summed E-state index contributed by atoms with van der Waals surface area (Å²) in [5.74, 6) is -3.77. The number of carbonyl (C=O) groups excluding carboxylic acids is 10. The van der Waals surface area contributed by atoms with Crippen molar-refractivity contribution in [2.75, 3.05) is 33.0 Å². The van der Waals surface area contributed by atoms with E-state index in [9.17, 15) is 69.9 Å². The van der Waals surface area contributed by atoms with E-state index in [4.69, 9.17) is 55.7 Å². The van der Waals surface area contributed by atoms with Crippen molar-refractivity contribution in [3.63, 3.8) is 0 Å². The van der Waals surface area contributed by atoms with E-state index in [1.165, 1.54) is 26.2 Å². The lowest BCUT2D eigenvalue weighted by Gasteiger charge is -2.59. The first-order valence-electron chi connectivity index (χ1n) is 34.6. The van der Waals surface area contributed by atoms with Gasteiger partial charge in [-0.2, -0.15) is 16.8 Å². The zero-order chi connectivity index (χ0) is 73.4. The van der Waals surface area contributed by atoms with Crippen LogP contribution in [0.2, 0.25) is 0 Å². The molecule has 0 radical (unpaired) electrons. The van der Waals surface area contributed by atoms with Crippen LogP contribution in [0.25, 0.3) is 0 Å². The van der Waals surface area contributed by atoms with Gasteiger partial charge in [-0.15, -0.1) is 0 Å². The molecule has 27 nitrogen and oxygen atoms in total. The topological polar surface area (TPSA) is 370 Å². The lowest BCUT2D eigenvalue weighted by molar-refractivity contribution is -0.217. The predicted molar refractivity (Wildman–Crippen MR) is 349 cm³/mol. The lowest BCUT2D eigenvalue weighted by atomic mass is 9.52. The minimum Gasteiger partial charge on any atom is -0.463 e. The molecule has 556 valence electrons. The third-order valence-electron chi connectivity index (χ3n) is 20.9. The van der Waals surface area contributed by atoms with Gasteiger partial charge in [-0.1, -0.05) is 33.6 Å². The average Bonchev–Trinajstić information content (AvgIpc) is 1.66. The first-order valence-corrected chi connectivity index (χ1v) is 37.5. The Morgan fingerprint density at radius 1 is 0.556 bits per heavy atom. The minimum atomic E-state index is -3.56. The number of carbonyl (C=O) groups is 10. The molecule has 12 aliphatic rings. The Morgan fingerprint density at radius 3 is 1.40 bits per heavy atom. The molecule has 12 fully saturated rings. The minimum absolute atomic E-state index is 0.00904. The summed E-state index contributed by atoms with van der Waals surface area (Å²) in [6.45, 7) is 28.4. The van der Waals surface area contributed by atoms with Crippen LogP contribution >= 0.6 is 0 Å². The van der Waals surface area contributed by atoms with Gasteiger partial charge in [0.2, 0.25) is 6.10 Å². The van der Waals surface area contributed by atoms with Gasteiger partial charge in [0, 0.05) is 53.2 Å². The summed E-state index contributed by atoms with van der Waals surface area (Å²) in [6.07, 6.45) is 10.2. The van der Waals surface area contributed by atoms with Gasteiger partial charge in [0.25, 0.3) is 20.2 Å². The van der Waals surface area contributed by atoms with Crippen LogP contribution in [-0.4, -0.2) is 172 Å². The largest absolute Gasteiger partial charge is 0.463 e. The van der Waals surface area contributed by atoms with Gasteiger partial charge >= 0.3 is 59.7 Å². The van der Waals surface area contributed by atoms with E-state index < -0.39 is 119 Å². The Labute approximate surface area is 580 Å². The number of esters is 10. The van der Waals surface area contributed by atoms with E-state index in [-0.39, 0.29) is 111 Å². The van der Waals surface area contributed by atoms with Crippen molar-refractivity contribution in [3.05, 3.63) is 36.5 Å². The van der Waals surface area contributed by atoms with E-state index in [1.807, 2.05) is 20.8 Å². The molecule has 1 N–H and O–H groups in total. The van der Waals surface area contributed by atoms with E-state index in [2.05, 4.69) is 19.7 Å². The van der Waals surface area contributed by atoms with E-state index in [0.717, 1.165) is 38.5 Å². The Balaban J connectivity index is 0.000000181. The third-order valence-corrected chi connectivity index (χ3v) is 24.5. The van der Waals surface area contributed by atoms with E-state index >= 15 is 0 Å². The standard InChI is InChI=1S/C19H28O9S.C17H22O9S.C14H20O3.C10H16O4.C10H16O2/c1-4-19(2,3)18(22)26-8-7-25-14(20)5-6-15(21)27-16-11-9-12-13(10-11)29(23,24)28-17(12)16;1-9(2)17(20)24-6-5-23-13(18)3-4-14(19)25-15-10-7-11-12(8-10)27(21,22)26-16(11)15;1-9(2)12(15)17-14-6-10-3-11(7-14)5-13(16,4-10)8-14;1-4-10(2,3)9(12)14-7-5-6-13-8(7)11;1-8(2)9(11)12-10(3)6-4-5-7-10/h11-13,16-17H,4-10H2,1-3H3;10-12,15-16H,1,3-8H2,2H3;10-11,16H,1,3-8H2,2H3;7H,4-6H2,1-3H3;1,4-7H2,2-3H3. The SMILES string of the molecule is C=C(C)C(=O)OC1(C)CCCC1.C=C(C)C(=O)OC12CC3CC(CC(O)(C3)C1)C2.C=C(C)C(=O)OCCOC(=O)CCC(=O)OC1C2CC3C1OS(=O)(=O)C3C2.CCC(C)(C)C(=O)OC1CCOC1=O.CCC(C)(C)C(=O)OCCOC(=O)CCC(=O)OC1C2CC3C1OS(=O)(=O)C3C2. The van der Waals surface area contributed by atoms with Crippen molar-refractivity contribution in [1.29, 1.82) is 0 Å². The summed E-state index contributed by atoms with van der Waals surface area (Å²) in [5.41, 5.74) is -1.10. The summed E-state index contributed by atoms with van der Waals surface area (Å²) in [7, 11) is -7.11. The molecular weight excluding hydrogens is 1340 g/mol. The van der Waals surface area contributed by atoms with Crippen LogP contribution in [0, 0.1) is 46.3 Å². The highest BCUT2D eigenvalue weighted by Crippen LogP contribution is 2.60. The summed E-state index contributed by atoms with van der Waals surface area (Å²) in [6, 6.07) is 0. The van der Waals surface area contributed by atoms with Crippen molar-refractivity contribution in [2.45, 2.75) is 262 Å². The Hall–Kier alpha value is -6.30. The summed E-state index contributed by atoms with van der Waals surface area (Å²) < 4.78 is 109. The van der Waals surface area contributed by atoms with E-state index in [0.29, 0.717) is 81.0 Å². The number of fused-ring (bicyclic) bond motifs is 2. The predicted octanol–water partition coefficient (Wildman–Crippen LogP) is 7.73. The smallest absolute Gasteiger partial charge is 0.347 e. The number of rotatable bonds is 24. The first kappa shape index (κ1) is 80.0. The zero-order valence-corrected chi connectivity index (χ0v) is 60.5. The monoisotopic (exact) mass is 1440 g/mol. The molecule has 0 aromatic rings. The zero-order valence-electron chi connectivity index (χ0n) is 58.9. The van der Waals surface area contributed by atoms with Gasteiger partial charge in [-0.05, 0) is 164 Å². The van der Waals surface area contributed by atoms with Gasteiger partial charge in [0.15, 0.2) is 0 Å². The second-order valence-corrected chi connectivity index (χ2v) is 33.6. The number of hydrogen-bond acceptors (Lipinski definition) is 27. The lowest BCUT2D eigenvalue weighted by Crippen LogP contribution is -2.60. The van der Waals surface area contributed by atoms with Crippen LogP contribution < -0.4 is 0 Å². The number of cyclic esters (lactones) is 1. The maximum atomic E-state index is 12.1. The highest BCUT2D eigenvalue weighted by Gasteiger charge is 2.67. The van der Waals surface area contributed by atoms with Gasteiger partial charge < -0.3 is 52.5 Å². The van der Waals surface area contributed by atoms with Crippen molar-refractivity contribution in [1.82, 2.24) is 0 Å². The maximum Gasteiger partial charge on any atom is 0.347 e.